The van der Waals surface area contributed by atoms with E-state index in [1.54, 1.807) is 4.52 Å². The van der Waals surface area contributed by atoms with E-state index in [2.05, 4.69) is 25.2 Å². The Kier molecular flexibility index (Phi) is 6.20. The number of fused-ring (bicyclic) bond motifs is 1. The van der Waals surface area contributed by atoms with Crippen molar-refractivity contribution in [1.29, 1.82) is 0 Å². The SMILES string of the molecule is CCOC(=O)[C@H]1CCCN(c2ccc3nnc(CCc4nc(-c5ccccc5C)no4)n3n2)C1. The van der Waals surface area contributed by atoms with Crippen LogP contribution in [0.2, 0.25) is 0 Å². The Morgan fingerprint density at radius 3 is 2.91 bits per heavy atom. The maximum Gasteiger partial charge on any atom is 0.310 e. The van der Waals surface area contributed by atoms with Crippen LogP contribution in [0.15, 0.2) is 40.9 Å². The molecule has 0 amide bonds. The molecule has 1 atom stereocenters. The molecule has 1 fully saturated rings. The Hall–Kier alpha value is -3.82. The van der Waals surface area contributed by atoms with E-state index in [0.717, 1.165) is 36.3 Å². The largest absolute Gasteiger partial charge is 0.466 e. The van der Waals surface area contributed by atoms with Crippen molar-refractivity contribution in [2.45, 2.75) is 39.5 Å². The maximum absolute atomic E-state index is 12.2. The van der Waals surface area contributed by atoms with Crippen LogP contribution in [0.3, 0.4) is 0 Å². The topological polar surface area (TPSA) is 112 Å². The van der Waals surface area contributed by atoms with Crippen molar-refractivity contribution in [3.63, 3.8) is 0 Å². The number of aromatic nitrogens is 6. The van der Waals surface area contributed by atoms with Gasteiger partial charge in [-0.3, -0.25) is 4.79 Å². The number of benzene rings is 1. The third kappa shape index (κ3) is 4.48. The zero-order chi connectivity index (χ0) is 23.5. The summed E-state index contributed by atoms with van der Waals surface area (Å²) in [6.07, 6.45) is 2.83. The predicted molar refractivity (Wildman–Crippen MR) is 124 cm³/mol. The Morgan fingerprint density at radius 2 is 2.06 bits per heavy atom. The molecular formula is C24H27N7O3. The fourth-order valence-corrected chi connectivity index (χ4v) is 4.29. The van der Waals surface area contributed by atoms with Crippen LogP contribution in [0.1, 0.15) is 37.0 Å². The monoisotopic (exact) mass is 461 g/mol. The number of nitrogens with zero attached hydrogens (tertiary/aromatic N) is 7. The van der Waals surface area contributed by atoms with E-state index in [1.807, 2.05) is 50.2 Å². The molecule has 10 heteroatoms. The number of carbonyl (C=O) groups excluding carboxylic acids is 1. The molecule has 0 N–H and O–H groups in total. The summed E-state index contributed by atoms with van der Waals surface area (Å²) >= 11 is 0. The smallest absolute Gasteiger partial charge is 0.310 e. The predicted octanol–water partition coefficient (Wildman–Crippen LogP) is 3.05. The number of hydrogen-bond acceptors (Lipinski definition) is 9. The van der Waals surface area contributed by atoms with Crippen LogP contribution in [0.25, 0.3) is 17.0 Å². The molecule has 1 saturated heterocycles. The molecule has 5 rings (SSSR count). The van der Waals surface area contributed by atoms with E-state index >= 15 is 0 Å². The Balaban J connectivity index is 1.30. The third-order valence-electron chi connectivity index (χ3n) is 6.10. The quantitative estimate of drug-likeness (QED) is 0.383. The molecule has 34 heavy (non-hydrogen) atoms. The number of piperidine rings is 1. The minimum absolute atomic E-state index is 0.133. The molecule has 0 radical (unpaired) electrons. The number of hydrogen-bond donors (Lipinski definition) is 0. The zero-order valence-electron chi connectivity index (χ0n) is 19.3. The molecule has 176 valence electrons. The highest BCUT2D eigenvalue weighted by molar-refractivity contribution is 5.73. The fourth-order valence-electron chi connectivity index (χ4n) is 4.29. The number of esters is 1. The van der Waals surface area contributed by atoms with Crippen LogP contribution in [0, 0.1) is 12.8 Å². The van der Waals surface area contributed by atoms with Gasteiger partial charge in [-0.05, 0) is 44.4 Å². The molecule has 0 unspecified atom stereocenters. The van der Waals surface area contributed by atoms with Gasteiger partial charge in [0.1, 0.15) is 5.82 Å². The summed E-state index contributed by atoms with van der Waals surface area (Å²) in [4.78, 5) is 18.9. The van der Waals surface area contributed by atoms with E-state index in [9.17, 15) is 4.79 Å². The Morgan fingerprint density at radius 1 is 1.18 bits per heavy atom. The molecular weight excluding hydrogens is 434 g/mol. The molecule has 3 aromatic heterocycles. The van der Waals surface area contributed by atoms with Crippen LogP contribution in [0.5, 0.6) is 0 Å². The summed E-state index contributed by atoms with van der Waals surface area (Å²) in [5.74, 6) is 2.36. The molecule has 0 aliphatic carbocycles. The minimum Gasteiger partial charge on any atom is -0.466 e. The zero-order valence-corrected chi connectivity index (χ0v) is 19.3. The highest BCUT2D eigenvalue weighted by Gasteiger charge is 2.28. The summed E-state index contributed by atoms with van der Waals surface area (Å²) in [7, 11) is 0. The summed E-state index contributed by atoms with van der Waals surface area (Å²) in [6.45, 7) is 5.69. The average molecular weight is 462 g/mol. The van der Waals surface area contributed by atoms with Gasteiger partial charge >= 0.3 is 5.97 Å². The molecule has 0 bridgehead atoms. The molecule has 1 aliphatic rings. The lowest BCUT2D eigenvalue weighted by atomic mass is 9.98. The third-order valence-corrected chi connectivity index (χ3v) is 6.10. The van der Waals surface area contributed by atoms with Crippen LogP contribution in [0.4, 0.5) is 5.82 Å². The van der Waals surface area contributed by atoms with Crippen LogP contribution >= 0.6 is 0 Å². The number of rotatable bonds is 7. The summed E-state index contributed by atoms with van der Waals surface area (Å²) < 4.78 is 12.4. The first-order chi connectivity index (χ1) is 16.6. The van der Waals surface area contributed by atoms with Gasteiger partial charge in [-0.15, -0.1) is 15.3 Å². The second-order valence-electron chi connectivity index (χ2n) is 8.44. The van der Waals surface area contributed by atoms with Crippen molar-refractivity contribution in [3.05, 3.63) is 53.7 Å². The average Bonchev–Trinajstić information content (AvgIpc) is 3.50. The molecule has 4 aromatic rings. The van der Waals surface area contributed by atoms with Crippen molar-refractivity contribution in [2.24, 2.45) is 5.92 Å². The molecule has 10 nitrogen and oxygen atoms in total. The molecule has 0 saturated carbocycles. The van der Waals surface area contributed by atoms with E-state index in [-0.39, 0.29) is 11.9 Å². The molecule has 1 aliphatic heterocycles. The number of aryl methyl sites for hydroxylation is 3. The standard InChI is InChI=1S/C24H27N7O3/c1-3-33-24(32)17-8-6-14-30(15-17)21-11-10-19-26-27-20(31(19)28-21)12-13-22-25-23(29-34-22)18-9-5-4-7-16(18)2/h4-5,7,9-11,17H,3,6,8,12-15H2,1-2H3/t17-/m0/s1. The van der Waals surface area contributed by atoms with E-state index < -0.39 is 0 Å². The number of ether oxygens (including phenoxy) is 1. The highest BCUT2D eigenvalue weighted by Crippen LogP contribution is 2.23. The first-order valence-corrected chi connectivity index (χ1v) is 11.6. The van der Waals surface area contributed by atoms with E-state index in [4.69, 9.17) is 14.4 Å². The Bertz CT molecular complexity index is 1300. The van der Waals surface area contributed by atoms with Crippen molar-refractivity contribution in [3.8, 4) is 11.4 Å². The van der Waals surface area contributed by atoms with Crippen molar-refractivity contribution in [1.82, 2.24) is 30.0 Å². The van der Waals surface area contributed by atoms with Crippen molar-refractivity contribution >= 4 is 17.4 Å². The van der Waals surface area contributed by atoms with E-state index in [0.29, 0.717) is 49.2 Å². The summed E-state index contributed by atoms with van der Waals surface area (Å²) in [5, 5.41) is 17.5. The minimum atomic E-state index is -0.136. The van der Waals surface area contributed by atoms with E-state index in [1.165, 1.54) is 0 Å². The lowest BCUT2D eigenvalue weighted by Gasteiger charge is -2.32. The Labute approximate surface area is 196 Å². The van der Waals surface area contributed by atoms with Gasteiger partial charge in [0, 0.05) is 31.5 Å². The van der Waals surface area contributed by atoms with Crippen molar-refractivity contribution < 1.29 is 14.1 Å². The van der Waals surface area contributed by atoms with Crippen molar-refractivity contribution in [2.75, 3.05) is 24.6 Å². The second-order valence-corrected chi connectivity index (χ2v) is 8.44. The van der Waals surface area contributed by atoms with Gasteiger partial charge in [-0.25, -0.2) is 0 Å². The van der Waals surface area contributed by atoms with Crippen LogP contribution in [-0.2, 0) is 22.4 Å². The van der Waals surface area contributed by atoms with Gasteiger partial charge in [0.05, 0.1) is 12.5 Å². The maximum atomic E-state index is 12.2. The first kappa shape index (κ1) is 22.0. The fraction of sp³-hybridized carbons (Fsp3) is 0.417. The van der Waals surface area contributed by atoms with Gasteiger partial charge in [0.2, 0.25) is 11.7 Å². The van der Waals surface area contributed by atoms with Gasteiger partial charge in [-0.2, -0.15) is 9.50 Å². The lowest BCUT2D eigenvalue weighted by Crippen LogP contribution is -2.40. The van der Waals surface area contributed by atoms with Crippen LogP contribution in [-0.4, -0.2) is 55.6 Å². The van der Waals surface area contributed by atoms with Crippen LogP contribution < -0.4 is 4.90 Å². The van der Waals surface area contributed by atoms with Gasteiger partial charge in [0.15, 0.2) is 11.5 Å². The highest BCUT2D eigenvalue weighted by atomic mass is 16.5. The summed E-state index contributed by atoms with van der Waals surface area (Å²) in [6, 6.07) is 11.8. The first-order valence-electron chi connectivity index (χ1n) is 11.6. The summed E-state index contributed by atoms with van der Waals surface area (Å²) in [5.41, 5.74) is 2.72. The molecule has 0 spiro atoms. The van der Waals surface area contributed by atoms with Gasteiger partial charge < -0.3 is 14.2 Å². The molecule has 1 aromatic carbocycles. The van der Waals surface area contributed by atoms with Gasteiger partial charge in [-0.1, -0.05) is 29.4 Å². The number of anilines is 1. The number of carbonyl (C=O) groups is 1. The molecule has 4 heterocycles. The lowest BCUT2D eigenvalue weighted by molar-refractivity contribution is -0.148. The van der Waals surface area contributed by atoms with Gasteiger partial charge in [0.25, 0.3) is 0 Å². The normalized spacial score (nSPS) is 16.2. The second kappa shape index (κ2) is 9.58.